The van der Waals surface area contributed by atoms with Crippen LogP contribution in [0, 0.1) is 5.41 Å². The molecule has 1 aromatic heterocycles. The summed E-state index contributed by atoms with van der Waals surface area (Å²) in [4.78, 5) is 15.7. The van der Waals surface area contributed by atoms with E-state index in [0.29, 0.717) is 15.8 Å². The number of anilines is 1. The Balaban J connectivity index is 2.23. The van der Waals surface area contributed by atoms with Gasteiger partial charge < -0.3 is 15.8 Å². The number of nitrogens with two attached hydrogens (primary N) is 1. The van der Waals surface area contributed by atoms with Crippen molar-refractivity contribution in [2.75, 3.05) is 11.9 Å². The third-order valence-electron chi connectivity index (χ3n) is 3.42. The Hall–Kier alpha value is -2.43. The van der Waals surface area contributed by atoms with E-state index in [1.54, 1.807) is 20.8 Å². The van der Waals surface area contributed by atoms with Gasteiger partial charge in [0.05, 0.1) is 16.3 Å². The van der Waals surface area contributed by atoms with Crippen molar-refractivity contribution in [2.45, 2.75) is 37.7 Å². The highest BCUT2D eigenvalue weighted by molar-refractivity contribution is 7.89. The van der Waals surface area contributed by atoms with Gasteiger partial charge in [-0.25, -0.2) is 18.1 Å². The molecular weight excluding hydrogens is 406 g/mol. The summed E-state index contributed by atoms with van der Waals surface area (Å²) in [6, 6.07) is 4.30. The molecule has 0 fully saturated rings. The van der Waals surface area contributed by atoms with Crippen LogP contribution < -0.4 is 15.8 Å². The topological polar surface area (TPSA) is 147 Å². The Morgan fingerprint density at radius 3 is 2.61 bits per heavy atom. The highest BCUT2D eigenvalue weighted by atomic mass is 35.5. The summed E-state index contributed by atoms with van der Waals surface area (Å²) in [6.45, 7) is 5.09. The van der Waals surface area contributed by atoms with Crippen LogP contribution in [0.3, 0.4) is 0 Å². The average molecular weight is 428 g/mol. The first-order chi connectivity index (χ1) is 12.9. The molecule has 0 aliphatic heterocycles. The van der Waals surface area contributed by atoms with Crippen LogP contribution in [0.1, 0.15) is 27.2 Å². The van der Waals surface area contributed by atoms with Crippen LogP contribution in [-0.4, -0.2) is 37.5 Å². The number of ether oxygens (including phenoxy) is 1. The lowest BCUT2D eigenvalue weighted by atomic mass is 10.1. The lowest BCUT2D eigenvalue weighted by Crippen LogP contribution is -2.29. The molecular formula is C17H22ClN5O4S. The maximum Gasteiger partial charge on any atom is 0.307 e. The Morgan fingerprint density at radius 1 is 1.32 bits per heavy atom. The van der Waals surface area contributed by atoms with Crippen LogP contribution >= 0.6 is 11.6 Å². The molecule has 0 amide bonds. The van der Waals surface area contributed by atoms with Gasteiger partial charge in [0.1, 0.15) is 11.4 Å². The fraction of sp³-hybridized carbons (Fsp3) is 0.353. The van der Waals surface area contributed by atoms with Crippen molar-refractivity contribution >= 4 is 50.1 Å². The van der Waals surface area contributed by atoms with Crippen molar-refractivity contribution < 1.29 is 17.9 Å². The maximum atomic E-state index is 12.6. The van der Waals surface area contributed by atoms with Crippen LogP contribution in [0.25, 0.3) is 10.8 Å². The molecule has 0 aliphatic rings. The predicted octanol–water partition coefficient (Wildman–Crippen LogP) is 2.20. The molecule has 2 aromatic rings. The van der Waals surface area contributed by atoms with Gasteiger partial charge in [-0.1, -0.05) is 17.7 Å². The summed E-state index contributed by atoms with van der Waals surface area (Å²) >= 11 is 6.11. The fourth-order valence-corrected chi connectivity index (χ4v) is 3.62. The molecule has 0 saturated heterocycles. The van der Waals surface area contributed by atoms with E-state index in [4.69, 9.17) is 27.5 Å². The molecule has 0 radical (unpaired) electrons. The number of carbonyl (C=O) groups excluding carboxylic acids is 1. The molecule has 5 N–H and O–H groups in total. The number of halogens is 1. The average Bonchev–Trinajstić information content (AvgIpc) is 2.55. The van der Waals surface area contributed by atoms with E-state index in [1.165, 1.54) is 24.4 Å². The molecule has 9 nitrogen and oxygen atoms in total. The van der Waals surface area contributed by atoms with E-state index in [9.17, 15) is 13.2 Å². The highest BCUT2D eigenvalue weighted by Gasteiger charge is 2.19. The van der Waals surface area contributed by atoms with Gasteiger partial charge in [-0.15, -0.1) is 0 Å². The van der Waals surface area contributed by atoms with Crippen molar-refractivity contribution in [2.24, 2.45) is 5.73 Å². The zero-order valence-electron chi connectivity index (χ0n) is 15.7. The number of benzene rings is 1. The van der Waals surface area contributed by atoms with E-state index in [0.717, 1.165) is 0 Å². The maximum absolute atomic E-state index is 12.6. The monoisotopic (exact) mass is 427 g/mol. The number of aromatic nitrogens is 1. The van der Waals surface area contributed by atoms with Gasteiger partial charge >= 0.3 is 5.97 Å². The van der Waals surface area contributed by atoms with Crippen LogP contribution in [0.2, 0.25) is 5.02 Å². The van der Waals surface area contributed by atoms with E-state index in [1.807, 2.05) is 0 Å². The van der Waals surface area contributed by atoms with E-state index in [-0.39, 0.29) is 29.6 Å². The van der Waals surface area contributed by atoms with Gasteiger partial charge in [0, 0.05) is 23.5 Å². The second-order valence-corrected chi connectivity index (χ2v) is 9.11. The number of esters is 1. The molecule has 0 saturated carbocycles. The fourth-order valence-electron chi connectivity index (χ4n) is 2.35. The zero-order valence-corrected chi connectivity index (χ0v) is 17.2. The lowest BCUT2D eigenvalue weighted by molar-refractivity contribution is -0.154. The predicted molar refractivity (Wildman–Crippen MR) is 108 cm³/mol. The summed E-state index contributed by atoms with van der Waals surface area (Å²) < 4.78 is 32.6. The van der Waals surface area contributed by atoms with Crippen LogP contribution in [0.4, 0.5) is 5.82 Å². The summed E-state index contributed by atoms with van der Waals surface area (Å²) in [5, 5.41) is 11.2. The highest BCUT2D eigenvalue weighted by Crippen LogP contribution is 2.29. The Kier molecular flexibility index (Phi) is 6.48. The molecule has 2 rings (SSSR count). The second-order valence-electron chi connectivity index (χ2n) is 6.94. The lowest BCUT2D eigenvalue weighted by Gasteiger charge is -2.19. The molecule has 0 spiro atoms. The standard InChI is InChI=1S/C17H22ClN5O4S/c1-17(2,3)27-14(24)6-7-22-28(25,26)10-4-5-11-12(8-10)15(23-16(19)20)21-9-13(11)18/h4-5,8-9,22H,6-7H2,1-3H3,(H4,19,20,21,23). The van der Waals surface area contributed by atoms with Gasteiger partial charge in [-0.3, -0.25) is 10.2 Å². The minimum absolute atomic E-state index is 0.0418. The van der Waals surface area contributed by atoms with Crippen molar-refractivity contribution in [3.05, 3.63) is 29.4 Å². The minimum atomic E-state index is -3.89. The van der Waals surface area contributed by atoms with Crippen LogP contribution in [0.15, 0.2) is 29.3 Å². The first kappa shape index (κ1) is 21.9. The number of sulfonamides is 1. The smallest absolute Gasteiger partial charge is 0.307 e. The van der Waals surface area contributed by atoms with Crippen molar-refractivity contribution in [3.63, 3.8) is 0 Å². The zero-order chi connectivity index (χ0) is 21.1. The van der Waals surface area contributed by atoms with Crippen molar-refractivity contribution in [1.82, 2.24) is 9.71 Å². The van der Waals surface area contributed by atoms with Gasteiger partial charge in [-0.2, -0.15) is 0 Å². The number of hydrogen-bond acceptors (Lipinski definition) is 6. The summed E-state index contributed by atoms with van der Waals surface area (Å²) in [6.07, 6.45) is 1.27. The Bertz CT molecular complexity index is 1020. The van der Waals surface area contributed by atoms with Gasteiger partial charge in [0.2, 0.25) is 10.0 Å². The Labute approximate surface area is 168 Å². The Morgan fingerprint density at radius 2 is 2.00 bits per heavy atom. The van der Waals surface area contributed by atoms with Gasteiger partial charge in [-0.05, 0) is 32.9 Å². The number of carbonyl (C=O) groups is 1. The quantitative estimate of drug-likeness (QED) is 0.314. The SMILES string of the molecule is CC(C)(C)OC(=O)CCNS(=O)(=O)c1ccc2c(Cl)cnc(NC(=N)N)c2c1. The summed E-state index contributed by atoms with van der Waals surface area (Å²) in [5.74, 6) is -0.643. The molecule has 152 valence electrons. The van der Waals surface area contributed by atoms with Gasteiger partial charge in [0.25, 0.3) is 0 Å². The summed E-state index contributed by atoms with van der Waals surface area (Å²) in [7, 11) is -3.89. The first-order valence-electron chi connectivity index (χ1n) is 8.30. The molecule has 0 bridgehead atoms. The number of hydrogen-bond donors (Lipinski definition) is 4. The molecule has 1 aromatic carbocycles. The molecule has 0 aliphatic carbocycles. The third-order valence-corrected chi connectivity index (χ3v) is 5.17. The van der Waals surface area contributed by atoms with E-state index < -0.39 is 21.6 Å². The number of nitrogens with zero attached hydrogens (tertiary/aromatic N) is 1. The van der Waals surface area contributed by atoms with Crippen molar-refractivity contribution in [3.8, 4) is 0 Å². The molecule has 1 heterocycles. The van der Waals surface area contributed by atoms with Gasteiger partial charge in [0.15, 0.2) is 5.96 Å². The minimum Gasteiger partial charge on any atom is -0.460 e. The third kappa shape index (κ3) is 5.78. The van der Waals surface area contributed by atoms with Crippen LogP contribution in [0.5, 0.6) is 0 Å². The first-order valence-corrected chi connectivity index (χ1v) is 10.2. The molecule has 0 atom stereocenters. The summed E-state index contributed by atoms with van der Waals surface area (Å²) in [5.41, 5.74) is 4.70. The van der Waals surface area contributed by atoms with Crippen LogP contribution in [-0.2, 0) is 19.6 Å². The second kappa shape index (κ2) is 8.29. The number of fused-ring (bicyclic) bond motifs is 1. The number of rotatable bonds is 6. The molecule has 0 unspecified atom stereocenters. The largest absolute Gasteiger partial charge is 0.460 e. The number of nitrogens with one attached hydrogen (secondary N) is 3. The number of guanidine groups is 1. The normalized spacial score (nSPS) is 12.0. The van der Waals surface area contributed by atoms with E-state index in [2.05, 4.69) is 15.0 Å². The molecule has 11 heteroatoms. The van der Waals surface area contributed by atoms with Crippen molar-refractivity contribution in [1.29, 1.82) is 5.41 Å². The molecule has 28 heavy (non-hydrogen) atoms. The van der Waals surface area contributed by atoms with E-state index >= 15 is 0 Å². The number of pyridine rings is 1.